The predicted octanol–water partition coefficient (Wildman–Crippen LogP) is 2.97. The molecule has 1 aliphatic heterocycles. The summed E-state index contributed by atoms with van der Waals surface area (Å²) >= 11 is 0. The van der Waals surface area contributed by atoms with Crippen molar-refractivity contribution in [2.75, 3.05) is 26.0 Å². The Bertz CT molecular complexity index is 1370. The molecule has 0 unspecified atom stereocenters. The second kappa shape index (κ2) is 8.85. The summed E-state index contributed by atoms with van der Waals surface area (Å²) in [7, 11) is 1.91. The summed E-state index contributed by atoms with van der Waals surface area (Å²) in [5.74, 6) is 0.664. The fraction of sp³-hybridized carbons (Fsp3) is 0.280. The maximum atomic E-state index is 12.4. The van der Waals surface area contributed by atoms with Crippen molar-refractivity contribution < 1.29 is 9.26 Å². The van der Waals surface area contributed by atoms with Crippen LogP contribution in [0.1, 0.15) is 12.5 Å². The number of rotatable bonds is 7. The van der Waals surface area contributed by atoms with Crippen LogP contribution < -0.4 is 16.6 Å². The van der Waals surface area contributed by atoms with Gasteiger partial charge in [-0.1, -0.05) is 36.3 Å². The second-order valence-electron chi connectivity index (χ2n) is 8.98. The van der Waals surface area contributed by atoms with E-state index in [2.05, 4.69) is 22.4 Å². The molecule has 1 aromatic carbocycles. The number of anilines is 1. The summed E-state index contributed by atoms with van der Waals surface area (Å²) in [4.78, 5) is 21.4. The van der Waals surface area contributed by atoms with Crippen LogP contribution in [0.3, 0.4) is 0 Å². The van der Waals surface area contributed by atoms with Gasteiger partial charge in [0, 0.05) is 48.0 Å². The summed E-state index contributed by atoms with van der Waals surface area (Å²) in [5, 5.41) is 7.32. The molecule has 0 spiro atoms. The number of benzene rings is 1. The maximum absolute atomic E-state index is 12.4. The van der Waals surface area contributed by atoms with Crippen molar-refractivity contribution >= 4 is 5.82 Å². The zero-order valence-electron chi connectivity index (χ0n) is 19.1. The van der Waals surface area contributed by atoms with Crippen molar-refractivity contribution in [3.05, 3.63) is 70.8 Å². The third kappa shape index (κ3) is 4.35. The lowest BCUT2D eigenvalue weighted by Crippen LogP contribution is -2.44. The minimum atomic E-state index is -0.0684. The second-order valence-corrected chi connectivity index (χ2v) is 8.98. The van der Waals surface area contributed by atoms with Gasteiger partial charge in [0.05, 0.1) is 25.1 Å². The van der Waals surface area contributed by atoms with Crippen molar-refractivity contribution in [2.24, 2.45) is 5.41 Å². The standard InChI is InChI=1S/C25H26N6O3/c1-25(14-33-15-25)13-31-12-18(7-8-22(31)32)20-11-28-24(26)23(29-20)21-9-19(30-34-21)17-5-3-16(4-6-17)10-27-2/h3-9,11-12,27H,10,13-15H2,1-2H3,(H2,26,28). The largest absolute Gasteiger partial charge is 0.382 e. The van der Waals surface area contributed by atoms with Crippen LogP contribution in [0.5, 0.6) is 0 Å². The van der Waals surface area contributed by atoms with E-state index in [9.17, 15) is 4.79 Å². The Morgan fingerprint density at radius 1 is 1.12 bits per heavy atom. The third-order valence-electron chi connectivity index (χ3n) is 5.91. The van der Waals surface area contributed by atoms with Gasteiger partial charge >= 0.3 is 0 Å². The van der Waals surface area contributed by atoms with E-state index in [0.29, 0.717) is 42.6 Å². The summed E-state index contributed by atoms with van der Waals surface area (Å²) < 4.78 is 12.6. The van der Waals surface area contributed by atoms with Crippen molar-refractivity contribution in [1.29, 1.82) is 0 Å². The smallest absolute Gasteiger partial charge is 0.250 e. The Hall–Kier alpha value is -3.82. The number of ether oxygens (including phenoxy) is 1. The first kappa shape index (κ1) is 22.0. The molecule has 3 aromatic heterocycles. The van der Waals surface area contributed by atoms with Gasteiger partial charge in [-0.25, -0.2) is 9.97 Å². The number of hydrogen-bond donors (Lipinski definition) is 2. The lowest BCUT2D eigenvalue weighted by Gasteiger charge is -2.38. The fourth-order valence-corrected chi connectivity index (χ4v) is 4.00. The minimum absolute atomic E-state index is 0.0398. The molecule has 1 aliphatic rings. The molecule has 9 heteroatoms. The number of pyridine rings is 1. The minimum Gasteiger partial charge on any atom is -0.382 e. The van der Waals surface area contributed by atoms with Crippen LogP contribution in [0.15, 0.2) is 64.2 Å². The quantitative estimate of drug-likeness (QED) is 0.434. The fourth-order valence-electron chi connectivity index (χ4n) is 4.00. The Morgan fingerprint density at radius 3 is 2.59 bits per heavy atom. The highest BCUT2D eigenvalue weighted by Crippen LogP contribution is 2.31. The monoisotopic (exact) mass is 458 g/mol. The van der Waals surface area contributed by atoms with Crippen molar-refractivity contribution in [3.8, 4) is 34.0 Å². The lowest BCUT2D eigenvalue weighted by molar-refractivity contribution is -0.110. The van der Waals surface area contributed by atoms with Gasteiger partial charge in [-0.05, 0) is 18.7 Å². The molecule has 0 amide bonds. The summed E-state index contributed by atoms with van der Waals surface area (Å²) in [5.41, 5.74) is 10.6. The van der Waals surface area contributed by atoms with Crippen LogP contribution in [0, 0.1) is 5.41 Å². The third-order valence-corrected chi connectivity index (χ3v) is 5.91. The van der Waals surface area contributed by atoms with E-state index >= 15 is 0 Å². The first-order chi connectivity index (χ1) is 16.4. The van der Waals surface area contributed by atoms with Crippen molar-refractivity contribution in [2.45, 2.75) is 20.0 Å². The lowest BCUT2D eigenvalue weighted by atomic mass is 9.88. The SMILES string of the molecule is CNCc1ccc(-c2cc(-c3nc(-c4ccc(=O)n(CC5(C)COC5)c4)cnc3N)on2)cc1. The van der Waals surface area contributed by atoms with Crippen LogP contribution in [0.2, 0.25) is 0 Å². The summed E-state index contributed by atoms with van der Waals surface area (Å²) in [6.07, 6.45) is 3.39. The van der Waals surface area contributed by atoms with Gasteiger partial charge in [-0.2, -0.15) is 0 Å². The Balaban J connectivity index is 1.44. The molecule has 1 saturated heterocycles. The normalized spacial score (nSPS) is 14.6. The topological polar surface area (TPSA) is 121 Å². The highest BCUT2D eigenvalue weighted by atomic mass is 16.5. The van der Waals surface area contributed by atoms with E-state index in [0.717, 1.165) is 17.7 Å². The zero-order valence-corrected chi connectivity index (χ0v) is 19.1. The van der Waals surface area contributed by atoms with Crippen LogP contribution in [-0.2, 0) is 17.8 Å². The number of hydrogen-bond acceptors (Lipinski definition) is 8. The Kier molecular flexibility index (Phi) is 5.72. The average Bonchev–Trinajstić information content (AvgIpc) is 3.31. The molecule has 1 fully saturated rings. The predicted molar refractivity (Wildman–Crippen MR) is 129 cm³/mol. The van der Waals surface area contributed by atoms with Crippen molar-refractivity contribution in [1.82, 2.24) is 25.0 Å². The van der Waals surface area contributed by atoms with Gasteiger partial charge in [0.2, 0.25) is 0 Å². The van der Waals surface area contributed by atoms with E-state index in [1.807, 2.05) is 31.3 Å². The van der Waals surface area contributed by atoms with E-state index in [-0.39, 0.29) is 16.8 Å². The molecule has 0 saturated carbocycles. The van der Waals surface area contributed by atoms with Gasteiger partial charge in [-0.3, -0.25) is 4.79 Å². The number of nitrogen functional groups attached to an aromatic ring is 1. The molecule has 9 nitrogen and oxygen atoms in total. The Morgan fingerprint density at radius 2 is 1.88 bits per heavy atom. The molecule has 0 aliphatic carbocycles. The molecule has 4 heterocycles. The maximum Gasteiger partial charge on any atom is 0.250 e. The van der Waals surface area contributed by atoms with Gasteiger partial charge in [0.1, 0.15) is 5.69 Å². The van der Waals surface area contributed by atoms with E-state index < -0.39 is 0 Å². The van der Waals surface area contributed by atoms with Crippen LogP contribution >= 0.6 is 0 Å². The number of nitrogens with two attached hydrogens (primary N) is 1. The molecule has 174 valence electrons. The summed E-state index contributed by atoms with van der Waals surface area (Å²) in [6.45, 7) is 4.76. The van der Waals surface area contributed by atoms with E-state index in [1.165, 1.54) is 5.56 Å². The van der Waals surface area contributed by atoms with E-state index in [4.69, 9.17) is 20.0 Å². The zero-order chi connectivity index (χ0) is 23.7. The molecule has 3 N–H and O–H groups in total. The van der Waals surface area contributed by atoms with Crippen LogP contribution in [0.25, 0.3) is 34.0 Å². The highest BCUT2D eigenvalue weighted by molar-refractivity contribution is 5.72. The molecular weight excluding hydrogens is 432 g/mol. The van der Waals surface area contributed by atoms with Crippen molar-refractivity contribution in [3.63, 3.8) is 0 Å². The van der Waals surface area contributed by atoms with Gasteiger partial charge in [0.15, 0.2) is 17.3 Å². The molecule has 0 bridgehead atoms. The molecule has 34 heavy (non-hydrogen) atoms. The molecule has 0 radical (unpaired) electrons. The van der Waals surface area contributed by atoms with Gasteiger partial charge < -0.3 is 24.9 Å². The molecular formula is C25H26N6O3. The molecule has 5 rings (SSSR count). The number of nitrogens with one attached hydrogen (secondary N) is 1. The molecule has 4 aromatic rings. The van der Waals surface area contributed by atoms with Crippen LogP contribution in [0.4, 0.5) is 5.82 Å². The number of aromatic nitrogens is 4. The highest BCUT2D eigenvalue weighted by Gasteiger charge is 2.34. The van der Waals surface area contributed by atoms with E-state index in [1.54, 1.807) is 35.2 Å². The molecule has 0 atom stereocenters. The first-order valence-corrected chi connectivity index (χ1v) is 11.1. The number of nitrogens with zero attached hydrogens (tertiary/aromatic N) is 4. The average molecular weight is 459 g/mol. The summed E-state index contributed by atoms with van der Waals surface area (Å²) in [6, 6.07) is 13.2. The van der Waals surface area contributed by atoms with Crippen LogP contribution in [-0.4, -0.2) is 40.0 Å². The Labute approximate surface area is 196 Å². The first-order valence-electron chi connectivity index (χ1n) is 11.1. The van der Waals surface area contributed by atoms with Gasteiger partial charge in [-0.15, -0.1) is 0 Å². The van der Waals surface area contributed by atoms with Gasteiger partial charge in [0.25, 0.3) is 5.56 Å².